The second-order valence-electron chi connectivity index (χ2n) is 10.5. The Bertz CT molecular complexity index is 1690. The maximum Gasteiger partial charge on any atom is 0.469 e. The van der Waals surface area contributed by atoms with Crippen molar-refractivity contribution >= 4 is 58.8 Å². The normalized spacial score (nSPS) is 12.2. The van der Waals surface area contributed by atoms with Gasteiger partial charge in [-0.15, -0.1) is 0 Å². The van der Waals surface area contributed by atoms with Gasteiger partial charge in [-0.2, -0.15) is 0 Å². The van der Waals surface area contributed by atoms with E-state index >= 15 is 0 Å². The number of methoxy groups -OCH3 is 1. The summed E-state index contributed by atoms with van der Waals surface area (Å²) in [5.41, 5.74) is 4.45. The minimum atomic E-state index is -4.75. The van der Waals surface area contributed by atoms with Gasteiger partial charge in [0.05, 0.1) is 25.2 Å². The molecule has 0 saturated carbocycles. The molecule has 21 heteroatoms. The van der Waals surface area contributed by atoms with Crippen LogP contribution in [0, 0.1) is 10.1 Å². The standard InChI is InChI=1S/C31H35N4O12PS2.2Fm/c1-44-29(36)18-45-14-12-32-26-11-10-20(35(39)40)16-28(26)50-49-19-27(30(37)33-13-15-47-48(41,42)43)34-31(38)46-17-25-23-8-4-2-6-21(23)22-7-3-5-9-24(22)25;;/h2-11,16,25,27,32H,12-15,17-19H2,1H3,(H,33,37)(H,34,38)(H2,41,42,43);;. The van der Waals surface area contributed by atoms with Crippen LogP contribution in [0.1, 0.15) is 17.0 Å². The number of nitrogens with one attached hydrogen (secondary N) is 3. The van der Waals surface area contributed by atoms with Crippen LogP contribution in [-0.2, 0) is 32.9 Å². The summed E-state index contributed by atoms with van der Waals surface area (Å²) in [5, 5.41) is 19.6. The molecule has 3 aromatic carbocycles. The van der Waals surface area contributed by atoms with Crippen molar-refractivity contribution < 1.29 is 52.4 Å². The van der Waals surface area contributed by atoms with E-state index in [0.717, 1.165) is 43.8 Å². The first-order valence-electron chi connectivity index (χ1n) is 15.0. The smallest absolute Gasteiger partial charge is 0.467 e. The molecule has 0 fully saturated rings. The van der Waals surface area contributed by atoms with Crippen molar-refractivity contribution in [2.75, 3.05) is 57.7 Å². The number of phosphoric ester groups is 1. The fraction of sp³-hybridized carbons (Fsp3) is 0.323. The van der Waals surface area contributed by atoms with Crippen LogP contribution in [0.5, 0.6) is 0 Å². The van der Waals surface area contributed by atoms with Crippen LogP contribution in [-0.4, -0.2) is 91.1 Å². The number of rotatable bonds is 19. The second-order valence-corrected chi connectivity index (χ2v) is 14.1. The van der Waals surface area contributed by atoms with Gasteiger partial charge in [-0.3, -0.25) is 19.4 Å². The van der Waals surface area contributed by atoms with E-state index in [9.17, 15) is 29.1 Å². The van der Waals surface area contributed by atoms with Gasteiger partial charge in [-0.25, -0.2) is 14.2 Å². The maximum absolute atomic E-state index is 13.1. The van der Waals surface area contributed by atoms with Gasteiger partial charge >= 0.3 is 19.9 Å². The van der Waals surface area contributed by atoms with Crippen molar-refractivity contribution in [2.24, 2.45) is 0 Å². The number of non-ortho nitro benzene ring substituents is 1. The zero-order valence-corrected chi connectivity index (χ0v) is 34.6. The second kappa shape index (κ2) is 19.9. The van der Waals surface area contributed by atoms with Gasteiger partial charge in [0.1, 0.15) is 19.3 Å². The Morgan fingerprint density at radius 3 is 2.25 bits per heavy atom. The molecule has 2 amide bonds. The summed E-state index contributed by atoms with van der Waals surface area (Å²) in [6.07, 6.45) is -0.867. The Kier molecular flexibility index (Phi) is 16.1. The van der Waals surface area contributed by atoms with Crippen molar-refractivity contribution in [1.82, 2.24) is 10.6 Å². The Balaban J connectivity index is 0.00000468. The van der Waals surface area contributed by atoms with Gasteiger partial charge in [0.2, 0.25) is 5.91 Å². The minimum absolute atomic E-state index is 0. The number of ether oxygens (including phenoxy) is 3. The molecule has 0 radical (unpaired) electrons. The summed E-state index contributed by atoms with van der Waals surface area (Å²) in [7, 11) is -1.29. The van der Waals surface area contributed by atoms with Gasteiger partial charge in [-0.1, -0.05) is 70.1 Å². The van der Waals surface area contributed by atoms with E-state index in [1.54, 1.807) is 0 Å². The van der Waals surface area contributed by atoms with Crippen LogP contribution >= 0.6 is 29.4 Å². The molecule has 0 aliphatic heterocycles. The Labute approximate surface area is 294 Å². The third-order valence-corrected chi connectivity index (χ3v) is 10.1. The van der Waals surface area contributed by atoms with Crippen molar-refractivity contribution in [1.29, 1.82) is 0 Å². The average Bonchev–Trinajstić information content (AvgIpc) is 3.41. The molecule has 3 aromatic rings. The maximum atomic E-state index is 13.1. The van der Waals surface area contributed by atoms with Crippen LogP contribution in [0.3, 0.4) is 0 Å². The third kappa shape index (κ3) is 12.0. The number of carbonyl (C=O) groups excluding carboxylic acids is 3. The molecule has 292 valence electrons. The molecular weight excluding hydrogens is 1230 g/mol. The SMILES string of the molecule is COC(=O)COCCNc1ccc([N+](=O)[O-])cc1SSCC(NC(=O)OCC1c2ccccc2-c2ccccc21)C(=O)NCCOP(=O)(O)O.[Fm].[Fm]. The summed E-state index contributed by atoms with van der Waals surface area (Å²) in [5.74, 6) is -1.47. The third-order valence-electron chi connectivity index (χ3n) is 7.18. The molecule has 0 aromatic heterocycles. The molecule has 4 rings (SSSR count). The van der Waals surface area contributed by atoms with Crippen molar-refractivity contribution in [3.63, 3.8) is 0 Å². The number of hydrogen-bond acceptors (Lipinski definition) is 13. The van der Waals surface area contributed by atoms with Crippen LogP contribution in [0.25, 0.3) is 11.1 Å². The molecule has 5 N–H and O–H groups in total. The molecule has 0 spiro atoms. The number of nitro benzene ring substituents is 1. The summed E-state index contributed by atoms with van der Waals surface area (Å²) in [6, 6.07) is 18.6. The number of esters is 1. The molecule has 1 aliphatic rings. The number of hydrogen-bond donors (Lipinski definition) is 5. The Hall–Kier alpha value is -6.16. The van der Waals surface area contributed by atoms with E-state index < -0.39 is 43.4 Å². The molecule has 0 bridgehead atoms. The number of fused-ring (bicyclic) bond motifs is 3. The number of benzene rings is 3. The minimum Gasteiger partial charge on any atom is -0.467 e. The molecular formula is C31H35Fm2N4O12PS2. The van der Waals surface area contributed by atoms with E-state index in [-0.39, 0.29) is 50.3 Å². The quantitative estimate of drug-likeness (QED) is 0.0285. The van der Waals surface area contributed by atoms with Gasteiger partial charge in [0, 0.05) is 47.5 Å². The fourth-order valence-electron chi connectivity index (χ4n) is 4.90. The predicted octanol–water partition coefficient (Wildman–Crippen LogP) is 4.07. The number of anilines is 1. The Morgan fingerprint density at radius 2 is 1.63 bits per heavy atom. The number of amides is 2. The Morgan fingerprint density at radius 1 is 0.981 bits per heavy atom. The summed E-state index contributed by atoms with van der Waals surface area (Å²) in [6.45, 7) is -0.581. The number of phosphoric acid groups is 1. The number of alkyl carbamates (subject to hydrolysis) is 1. The van der Waals surface area contributed by atoms with Gasteiger partial charge in [0.25, 0.3) is 5.69 Å². The van der Waals surface area contributed by atoms with E-state index in [4.69, 9.17) is 19.3 Å². The van der Waals surface area contributed by atoms with Gasteiger partial charge in [-0.05, 0) is 28.3 Å². The molecule has 52 heavy (non-hydrogen) atoms. The van der Waals surface area contributed by atoms with Crippen LogP contribution in [0.2, 0.25) is 0 Å². The molecule has 0 saturated heterocycles. The van der Waals surface area contributed by atoms with Crippen LogP contribution in [0.15, 0.2) is 71.6 Å². The van der Waals surface area contributed by atoms with Crippen LogP contribution in [0.4, 0.5) is 16.2 Å². The van der Waals surface area contributed by atoms with E-state index in [2.05, 4.69) is 25.2 Å². The molecule has 1 atom stereocenters. The van der Waals surface area contributed by atoms with Gasteiger partial charge in [0.15, 0.2) is 0 Å². The molecule has 0 heterocycles. The molecule has 16 nitrogen and oxygen atoms in total. The zero-order valence-electron chi connectivity index (χ0n) is 27.2. The average molecular weight is 1260 g/mol. The van der Waals surface area contributed by atoms with Crippen molar-refractivity contribution in [2.45, 2.75) is 16.9 Å². The fourth-order valence-corrected chi connectivity index (χ4v) is 7.61. The largest absolute Gasteiger partial charge is 0.469 e. The van der Waals surface area contributed by atoms with Gasteiger partial charge < -0.3 is 39.9 Å². The number of nitro groups is 1. The first-order chi connectivity index (χ1) is 24.0. The topological polar surface area (TPSA) is 225 Å². The monoisotopic (exact) mass is 1260 g/mol. The molecule has 1 aliphatic carbocycles. The van der Waals surface area contributed by atoms with E-state index in [0.29, 0.717) is 10.6 Å². The summed E-state index contributed by atoms with van der Waals surface area (Å²) in [4.78, 5) is 66.6. The van der Waals surface area contributed by atoms with Crippen molar-refractivity contribution in [3.8, 4) is 11.1 Å². The van der Waals surface area contributed by atoms with Crippen molar-refractivity contribution in [3.05, 3.63) is 88.0 Å². The predicted molar refractivity (Wildman–Crippen MR) is 186 cm³/mol. The number of nitrogens with zero attached hydrogens (tertiary/aromatic N) is 1. The van der Waals surface area contributed by atoms with Crippen LogP contribution < -0.4 is 16.0 Å². The number of carbonyl (C=O) groups is 3. The summed E-state index contributed by atoms with van der Waals surface area (Å²) < 4.78 is 30.7. The first kappa shape index (κ1) is 42.0. The summed E-state index contributed by atoms with van der Waals surface area (Å²) >= 11 is 0. The van der Waals surface area contributed by atoms with E-state index in [1.807, 2.05) is 48.5 Å². The molecule has 1 unspecified atom stereocenters. The zero-order chi connectivity index (χ0) is 36.1. The first-order valence-corrected chi connectivity index (χ1v) is 18.9. The van der Waals surface area contributed by atoms with E-state index in [1.165, 1.54) is 25.3 Å².